The molecule has 0 aromatic rings. The standard InChI is InChI=1S/C11H22N2O12P2/c14-9(15)1-2-13(8(11(18)19)5-10(16)17)4-3-12(6-26(20,21)22)7-27(23,24)25/h8H,1-7H2,(H,14,15)(H,16,17)(H,18,19)(H2,20,21,22)(H2,23,24,25)/t8-/m0/s1. The Kier molecular flexibility index (Phi) is 10.3. The SMILES string of the molecule is O=C(O)CCN(CCN(CP(=O)(O)O)CP(=O)(O)O)[C@@H](CC(=O)O)C(=O)O. The molecule has 0 bridgehead atoms. The fraction of sp³-hybridized carbons (Fsp3) is 0.727. The summed E-state index contributed by atoms with van der Waals surface area (Å²) >= 11 is 0. The number of hydrogen-bond acceptors (Lipinski definition) is 7. The summed E-state index contributed by atoms with van der Waals surface area (Å²) in [5.74, 6) is -4.31. The maximum absolute atomic E-state index is 11.3. The fourth-order valence-corrected chi connectivity index (χ4v) is 3.86. The highest BCUT2D eigenvalue weighted by Crippen LogP contribution is 2.40. The predicted molar refractivity (Wildman–Crippen MR) is 88.0 cm³/mol. The molecule has 0 aromatic carbocycles. The average molecular weight is 436 g/mol. The van der Waals surface area contributed by atoms with Crippen molar-refractivity contribution >= 4 is 33.1 Å². The summed E-state index contributed by atoms with van der Waals surface area (Å²) in [7, 11) is -9.41. The minimum absolute atomic E-state index is 0.390. The van der Waals surface area contributed by atoms with Gasteiger partial charge in [-0.3, -0.25) is 33.3 Å². The molecule has 0 saturated carbocycles. The molecule has 0 aromatic heterocycles. The van der Waals surface area contributed by atoms with Crippen molar-refractivity contribution in [1.29, 1.82) is 0 Å². The number of aliphatic carboxylic acids is 3. The van der Waals surface area contributed by atoms with E-state index in [0.29, 0.717) is 4.90 Å². The summed E-state index contributed by atoms with van der Waals surface area (Å²) in [6.07, 6.45) is -3.46. The third kappa shape index (κ3) is 13.4. The van der Waals surface area contributed by atoms with Crippen LogP contribution in [0.4, 0.5) is 0 Å². The van der Waals surface area contributed by atoms with E-state index in [1.165, 1.54) is 0 Å². The van der Waals surface area contributed by atoms with Gasteiger partial charge in [0.15, 0.2) is 0 Å². The van der Waals surface area contributed by atoms with Gasteiger partial charge >= 0.3 is 33.1 Å². The molecule has 0 aliphatic heterocycles. The molecular formula is C11H22N2O12P2. The van der Waals surface area contributed by atoms with Crippen molar-refractivity contribution in [3.8, 4) is 0 Å². The van der Waals surface area contributed by atoms with E-state index in [1.807, 2.05) is 0 Å². The van der Waals surface area contributed by atoms with Gasteiger partial charge in [0.25, 0.3) is 0 Å². The predicted octanol–water partition coefficient (Wildman–Crippen LogP) is -1.74. The van der Waals surface area contributed by atoms with Gasteiger partial charge in [0.1, 0.15) is 18.6 Å². The van der Waals surface area contributed by atoms with Gasteiger partial charge in [-0.1, -0.05) is 0 Å². The zero-order valence-corrected chi connectivity index (χ0v) is 15.8. The summed E-state index contributed by atoms with van der Waals surface area (Å²) in [6.45, 7) is -1.23. The van der Waals surface area contributed by atoms with E-state index in [9.17, 15) is 28.6 Å². The highest BCUT2D eigenvalue weighted by Gasteiger charge is 2.31. The molecule has 0 aliphatic rings. The Balaban J connectivity index is 5.36. The molecular weight excluding hydrogens is 414 g/mol. The Morgan fingerprint density at radius 1 is 0.778 bits per heavy atom. The smallest absolute Gasteiger partial charge is 0.339 e. The molecule has 0 heterocycles. The van der Waals surface area contributed by atoms with Crippen LogP contribution >= 0.6 is 15.2 Å². The summed E-state index contributed by atoms with van der Waals surface area (Å²) in [5.41, 5.74) is 0. The first-order valence-corrected chi connectivity index (χ1v) is 10.9. The third-order valence-electron chi connectivity index (χ3n) is 3.18. The van der Waals surface area contributed by atoms with Crippen LogP contribution in [0.3, 0.4) is 0 Å². The van der Waals surface area contributed by atoms with Crippen LogP contribution in [0.2, 0.25) is 0 Å². The van der Waals surface area contributed by atoms with Crippen LogP contribution in [0.1, 0.15) is 12.8 Å². The van der Waals surface area contributed by atoms with Crippen molar-refractivity contribution in [3.63, 3.8) is 0 Å². The second kappa shape index (κ2) is 10.8. The first-order chi connectivity index (χ1) is 12.1. The Bertz CT molecular complexity index is 605. The summed E-state index contributed by atoms with van der Waals surface area (Å²) < 4.78 is 22.2. The van der Waals surface area contributed by atoms with Crippen LogP contribution in [0.25, 0.3) is 0 Å². The fourth-order valence-electron chi connectivity index (χ4n) is 2.18. The van der Waals surface area contributed by atoms with E-state index >= 15 is 0 Å². The molecule has 16 heteroatoms. The molecule has 0 rings (SSSR count). The molecule has 0 aliphatic carbocycles. The Morgan fingerprint density at radius 2 is 1.26 bits per heavy atom. The van der Waals surface area contributed by atoms with Crippen molar-refractivity contribution < 1.29 is 58.4 Å². The molecule has 1 atom stereocenters. The maximum atomic E-state index is 11.3. The van der Waals surface area contributed by atoms with Crippen LogP contribution in [-0.2, 0) is 23.5 Å². The maximum Gasteiger partial charge on any atom is 0.339 e. The lowest BCUT2D eigenvalue weighted by Gasteiger charge is -2.30. The van der Waals surface area contributed by atoms with Crippen molar-refractivity contribution in [3.05, 3.63) is 0 Å². The highest BCUT2D eigenvalue weighted by atomic mass is 31.2. The van der Waals surface area contributed by atoms with Gasteiger partial charge in [0.05, 0.1) is 12.8 Å². The number of carboxylic acid groups (broad SMARTS) is 3. The molecule has 158 valence electrons. The molecule has 0 amide bonds. The average Bonchev–Trinajstić information content (AvgIpc) is 2.41. The number of rotatable bonds is 14. The van der Waals surface area contributed by atoms with Gasteiger partial charge in [-0.05, 0) is 0 Å². The van der Waals surface area contributed by atoms with Crippen molar-refractivity contribution in [2.75, 3.05) is 32.2 Å². The quantitative estimate of drug-likeness (QED) is 0.150. The monoisotopic (exact) mass is 436 g/mol. The Morgan fingerprint density at radius 3 is 1.59 bits per heavy atom. The normalized spacial score (nSPS) is 13.7. The lowest BCUT2D eigenvalue weighted by molar-refractivity contribution is -0.150. The van der Waals surface area contributed by atoms with E-state index < -0.39 is 77.6 Å². The second-order valence-electron chi connectivity index (χ2n) is 5.64. The minimum atomic E-state index is -4.70. The Labute approximate surface area is 153 Å². The van der Waals surface area contributed by atoms with Crippen molar-refractivity contribution in [2.24, 2.45) is 0 Å². The van der Waals surface area contributed by atoms with Crippen molar-refractivity contribution in [2.45, 2.75) is 18.9 Å². The van der Waals surface area contributed by atoms with Gasteiger partial charge in [0, 0.05) is 19.6 Å². The molecule has 0 fully saturated rings. The first-order valence-electron chi connectivity index (χ1n) is 7.32. The van der Waals surface area contributed by atoms with Crippen LogP contribution in [0.15, 0.2) is 0 Å². The number of carboxylic acids is 3. The van der Waals surface area contributed by atoms with Gasteiger partial charge < -0.3 is 34.9 Å². The van der Waals surface area contributed by atoms with Crippen LogP contribution in [0.5, 0.6) is 0 Å². The van der Waals surface area contributed by atoms with Gasteiger partial charge in [-0.15, -0.1) is 0 Å². The zero-order valence-electron chi connectivity index (χ0n) is 14.0. The largest absolute Gasteiger partial charge is 0.481 e. The summed E-state index contributed by atoms with van der Waals surface area (Å²) in [4.78, 5) is 70.5. The first kappa shape index (κ1) is 25.6. The second-order valence-corrected chi connectivity index (χ2v) is 8.86. The van der Waals surface area contributed by atoms with E-state index in [4.69, 9.17) is 29.8 Å². The molecule has 27 heavy (non-hydrogen) atoms. The number of hydrogen-bond donors (Lipinski definition) is 7. The van der Waals surface area contributed by atoms with Crippen LogP contribution < -0.4 is 0 Å². The van der Waals surface area contributed by atoms with Crippen LogP contribution in [0, 0.1) is 0 Å². The summed E-state index contributed by atoms with van der Waals surface area (Å²) in [6, 6.07) is -1.63. The van der Waals surface area contributed by atoms with E-state index in [-0.39, 0.29) is 6.54 Å². The van der Waals surface area contributed by atoms with Gasteiger partial charge in [0.2, 0.25) is 0 Å². The van der Waals surface area contributed by atoms with Crippen LogP contribution in [-0.4, -0.2) is 101 Å². The lowest BCUT2D eigenvalue weighted by Crippen LogP contribution is -2.47. The summed E-state index contributed by atoms with van der Waals surface area (Å²) in [5, 5.41) is 26.7. The third-order valence-corrected chi connectivity index (χ3v) is 4.72. The molecule has 0 spiro atoms. The number of carbonyl (C=O) groups is 3. The highest BCUT2D eigenvalue weighted by molar-refractivity contribution is 7.52. The molecule has 0 radical (unpaired) electrons. The van der Waals surface area contributed by atoms with Gasteiger partial charge in [-0.2, -0.15) is 0 Å². The minimum Gasteiger partial charge on any atom is -0.481 e. The molecule has 14 nitrogen and oxygen atoms in total. The van der Waals surface area contributed by atoms with E-state index in [0.717, 1.165) is 4.90 Å². The van der Waals surface area contributed by atoms with E-state index in [2.05, 4.69) is 0 Å². The molecule has 0 saturated heterocycles. The zero-order chi connectivity index (χ0) is 21.4. The molecule has 7 N–H and O–H groups in total. The Hall–Kier alpha value is -1.37. The number of nitrogens with zero attached hydrogens (tertiary/aromatic N) is 2. The van der Waals surface area contributed by atoms with E-state index in [1.54, 1.807) is 0 Å². The van der Waals surface area contributed by atoms with Gasteiger partial charge in [-0.25, -0.2) is 0 Å². The lowest BCUT2D eigenvalue weighted by atomic mass is 10.1. The molecule has 0 unspecified atom stereocenters. The topological polar surface area (TPSA) is 233 Å². The van der Waals surface area contributed by atoms with Crippen molar-refractivity contribution in [1.82, 2.24) is 9.80 Å².